The van der Waals surface area contributed by atoms with Gasteiger partial charge in [0.05, 0.1) is 19.3 Å². The summed E-state index contributed by atoms with van der Waals surface area (Å²) in [7, 11) is -3.70. The number of aromatic amines is 1. The lowest BCUT2D eigenvalue weighted by Gasteiger charge is -2.25. The molecule has 0 radical (unpaired) electrons. The van der Waals surface area contributed by atoms with E-state index in [1.807, 2.05) is 12.1 Å². The minimum Gasteiger partial charge on any atom is -0.404 e. The number of para-hydroxylation sites is 1. The molecular formula is C16H17N2O7P. The minimum absolute atomic E-state index is 0.00798. The van der Waals surface area contributed by atoms with Crippen molar-refractivity contribution in [2.24, 2.45) is 0 Å². The third kappa shape index (κ3) is 3.52. The Morgan fingerprint density at radius 3 is 2.92 bits per heavy atom. The maximum atomic E-state index is 12.6. The van der Waals surface area contributed by atoms with E-state index in [1.165, 1.54) is 16.8 Å². The molecule has 1 fully saturated rings. The molecule has 0 amide bonds. The number of hydrogen-bond acceptors (Lipinski definition) is 7. The van der Waals surface area contributed by atoms with Crippen LogP contribution in [0.4, 0.5) is 0 Å². The Labute approximate surface area is 148 Å². The molecule has 2 aromatic rings. The lowest BCUT2D eigenvalue weighted by Crippen LogP contribution is -2.31. The summed E-state index contributed by atoms with van der Waals surface area (Å²) in [5.74, 6) is 0.479. The zero-order valence-corrected chi connectivity index (χ0v) is 14.6. The lowest BCUT2D eigenvalue weighted by molar-refractivity contribution is -0.0264. The van der Waals surface area contributed by atoms with Gasteiger partial charge in [0, 0.05) is 17.8 Å². The molecule has 26 heavy (non-hydrogen) atoms. The van der Waals surface area contributed by atoms with Gasteiger partial charge in [-0.1, -0.05) is 18.2 Å². The highest BCUT2D eigenvalue weighted by Crippen LogP contribution is 2.54. The van der Waals surface area contributed by atoms with Crippen molar-refractivity contribution in [1.29, 1.82) is 0 Å². The van der Waals surface area contributed by atoms with Gasteiger partial charge >= 0.3 is 13.5 Å². The number of phosphoric acid groups is 1. The number of aromatic nitrogens is 2. The molecular weight excluding hydrogens is 363 g/mol. The zero-order chi connectivity index (χ0) is 18.1. The average Bonchev–Trinajstić information content (AvgIpc) is 3.09. The van der Waals surface area contributed by atoms with E-state index in [4.69, 9.17) is 18.3 Å². The van der Waals surface area contributed by atoms with Gasteiger partial charge in [-0.25, -0.2) is 9.36 Å². The Kier molecular flexibility index (Phi) is 4.54. The fourth-order valence-electron chi connectivity index (χ4n) is 2.91. The largest absolute Gasteiger partial charge is 0.530 e. The second-order valence-electron chi connectivity index (χ2n) is 6.02. The summed E-state index contributed by atoms with van der Waals surface area (Å²) in [4.78, 5) is 25.1. The number of hydrogen-bond donors (Lipinski definition) is 1. The van der Waals surface area contributed by atoms with Gasteiger partial charge in [-0.2, -0.15) is 0 Å². The molecule has 1 aromatic heterocycles. The van der Waals surface area contributed by atoms with Crippen LogP contribution in [0.2, 0.25) is 0 Å². The molecule has 1 saturated heterocycles. The second-order valence-corrected chi connectivity index (χ2v) is 7.62. The summed E-state index contributed by atoms with van der Waals surface area (Å²) in [5.41, 5.74) is -0.196. The summed E-state index contributed by atoms with van der Waals surface area (Å²) in [6.45, 7) is 0.155. The Morgan fingerprint density at radius 1 is 1.23 bits per heavy atom. The number of nitrogens with one attached hydrogen (secondary N) is 1. The van der Waals surface area contributed by atoms with Crippen LogP contribution in [0.15, 0.2) is 46.1 Å². The van der Waals surface area contributed by atoms with Crippen molar-refractivity contribution in [3.8, 4) is 5.75 Å². The third-order valence-corrected chi connectivity index (χ3v) is 5.56. The fraction of sp³-hybridized carbons (Fsp3) is 0.375. The van der Waals surface area contributed by atoms with Crippen LogP contribution in [0.1, 0.15) is 24.6 Å². The van der Waals surface area contributed by atoms with Gasteiger partial charge in [0.2, 0.25) is 0 Å². The number of fused-ring (bicyclic) bond motifs is 1. The van der Waals surface area contributed by atoms with Gasteiger partial charge in [-0.05, 0) is 18.9 Å². The van der Waals surface area contributed by atoms with Crippen LogP contribution >= 0.6 is 7.82 Å². The van der Waals surface area contributed by atoms with E-state index in [0.717, 1.165) is 5.56 Å². The van der Waals surface area contributed by atoms with Crippen molar-refractivity contribution in [2.75, 3.05) is 6.61 Å². The Bertz CT molecular complexity index is 969. The number of ether oxygens (including phenoxy) is 1. The van der Waals surface area contributed by atoms with Gasteiger partial charge < -0.3 is 9.26 Å². The summed E-state index contributed by atoms with van der Waals surface area (Å²) in [6.07, 6.45) is 1.68. The van der Waals surface area contributed by atoms with Crippen molar-refractivity contribution in [3.05, 3.63) is 62.9 Å². The highest BCUT2D eigenvalue weighted by molar-refractivity contribution is 7.49. The van der Waals surface area contributed by atoms with Crippen LogP contribution in [0.25, 0.3) is 0 Å². The smallest absolute Gasteiger partial charge is 0.404 e. The van der Waals surface area contributed by atoms with E-state index in [9.17, 15) is 14.2 Å². The summed E-state index contributed by atoms with van der Waals surface area (Å²) >= 11 is 0. The third-order valence-electron chi connectivity index (χ3n) is 4.23. The molecule has 3 atom stereocenters. The van der Waals surface area contributed by atoms with Crippen LogP contribution in [-0.4, -0.2) is 22.3 Å². The number of rotatable bonds is 4. The predicted octanol–water partition coefficient (Wildman–Crippen LogP) is 1.95. The molecule has 10 heteroatoms. The van der Waals surface area contributed by atoms with Crippen molar-refractivity contribution < 1.29 is 22.9 Å². The highest BCUT2D eigenvalue weighted by Gasteiger charge is 2.36. The molecule has 1 aromatic carbocycles. The highest BCUT2D eigenvalue weighted by atomic mass is 31.2. The van der Waals surface area contributed by atoms with Crippen molar-refractivity contribution in [3.63, 3.8) is 0 Å². The fourth-order valence-corrected chi connectivity index (χ4v) is 4.16. The summed E-state index contributed by atoms with van der Waals surface area (Å²) in [5, 5.41) is 0. The minimum atomic E-state index is -3.70. The first-order valence-corrected chi connectivity index (χ1v) is 9.62. The number of nitrogens with zero attached hydrogens (tertiary/aromatic N) is 1. The molecule has 0 aliphatic carbocycles. The van der Waals surface area contributed by atoms with E-state index in [-0.39, 0.29) is 19.3 Å². The lowest BCUT2D eigenvalue weighted by atomic mass is 10.2. The maximum absolute atomic E-state index is 12.6. The van der Waals surface area contributed by atoms with Crippen molar-refractivity contribution >= 4 is 7.82 Å². The monoisotopic (exact) mass is 380 g/mol. The molecule has 1 N–H and O–H groups in total. The maximum Gasteiger partial charge on any atom is 0.530 e. The van der Waals surface area contributed by atoms with Crippen molar-refractivity contribution in [1.82, 2.24) is 9.55 Å². The normalized spacial score (nSPS) is 27.7. The van der Waals surface area contributed by atoms with E-state index < -0.39 is 25.3 Å². The molecule has 4 rings (SSSR count). The Hall–Kier alpha value is -2.19. The van der Waals surface area contributed by atoms with E-state index in [1.54, 1.807) is 12.1 Å². The second kappa shape index (κ2) is 6.85. The molecule has 3 heterocycles. The van der Waals surface area contributed by atoms with Gasteiger partial charge in [-0.15, -0.1) is 0 Å². The van der Waals surface area contributed by atoms with Crippen LogP contribution < -0.4 is 15.8 Å². The molecule has 0 spiro atoms. The number of H-pyrrole nitrogens is 1. The first-order chi connectivity index (χ1) is 12.5. The quantitative estimate of drug-likeness (QED) is 0.808. The molecule has 2 aliphatic rings. The average molecular weight is 380 g/mol. The zero-order valence-electron chi connectivity index (χ0n) is 13.7. The molecule has 2 aliphatic heterocycles. The molecule has 0 bridgehead atoms. The van der Waals surface area contributed by atoms with Gasteiger partial charge in [0.25, 0.3) is 5.56 Å². The SMILES string of the molecule is O=c1ccn([C@H]2CC[C@@H](COP3(=O)OCc4ccccc4O3)O2)c(=O)[nH]1. The molecule has 9 nitrogen and oxygen atoms in total. The summed E-state index contributed by atoms with van der Waals surface area (Å²) < 4.78 is 35.7. The molecule has 1 unspecified atom stereocenters. The van der Waals surface area contributed by atoms with E-state index in [2.05, 4.69) is 4.98 Å². The van der Waals surface area contributed by atoms with Crippen LogP contribution in [0.5, 0.6) is 5.75 Å². The molecule has 138 valence electrons. The first kappa shape index (κ1) is 17.2. The van der Waals surface area contributed by atoms with E-state index in [0.29, 0.717) is 18.6 Å². The predicted molar refractivity (Wildman–Crippen MR) is 89.9 cm³/mol. The van der Waals surface area contributed by atoms with Gasteiger partial charge in [0.15, 0.2) is 0 Å². The molecule has 0 saturated carbocycles. The Balaban J connectivity index is 1.37. The van der Waals surface area contributed by atoms with Gasteiger partial charge in [-0.3, -0.25) is 23.4 Å². The first-order valence-electron chi connectivity index (χ1n) is 8.16. The Morgan fingerprint density at radius 2 is 2.08 bits per heavy atom. The number of benzene rings is 1. The van der Waals surface area contributed by atoms with E-state index >= 15 is 0 Å². The standard InChI is InChI=1S/C16H17N2O7P/c19-14-7-8-18(16(20)17-14)15-6-5-12(24-15)10-23-26(21)22-9-11-3-1-2-4-13(11)25-26/h1-4,7-8,12,15H,5-6,9-10H2,(H,17,19,20)/t12-,15+,26?/m0/s1. The number of phosphoric ester groups is 1. The van der Waals surface area contributed by atoms with Gasteiger partial charge in [0.1, 0.15) is 12.0 Å². The van der Waals surface area contributed by atoms with Crippen molar-refractivity contribution in [2.45, 2.75) is 31.8 Å². The topological polar surface area (TPSA) is 109 Å². The van der Waals surface area contributed by atoms with Crippen LogP contribution in [0.3, 0.4) is 0 Å². The summed E-state index contributed by atoms with van der Waals surface area (Å²) in [6, 6.07) is 8.41. The van der Waals surface area contributed by atoms with Crippen LogP contribution in [-0.2, 0) is 25.0 Å². The van der Waals surface area contributed by atoms with Crippen LogP contribution in [0, 0.1) is 0 Å².